The standard InChI is InChI=1S/C29H42N8O3/c1-22(39)30-12-4-5-23-19-32-29(34-28(23)37(21-38)25-6-2-3-7-25)33-27-9-8-26(20-31-27)35-13-10-24(11-14-35)36-15-17-40-18-16-36/h8-9,19-21,24-25H,2-7,10-18H2,1H3,(H,30,39)(H,31,32,33,34). The van der Waals surface area contributed by atoms with Crippen LogP contribution in [0.1, 0.15) is 57.4 Å². The monoisotopic (exact) mass is 550 g/mol. The molecular formula is C29H42N8O3. The van der Waals surface area contributed by atoms with E-state index in [2.05, 4.69) is 36.5 Å². The van der Waals surface area contributed by atoms with Gasteiger partial charge in [-0.3, -0.25) is 19.4 Å². The number of nitrogens with one attached hydrogen (secondary N) is 2. The lowest BCUT2D eigenvalue weighted by molar-refractivity contribution is -0.119. The van der Waals surface area contributed by atoms with Gasteiger partial charge in [-0.2, -0.15) is 4.98 Å². The lowest BCUT2D eigenvalue weighted by Gasteiger charge is -2.40. The molecule has 2 aliphatic heterocycles. The Morgan fingerprint density at radius 2 is 1.85 bits per heavy atom. The Balaban J connectivity index is 1.23. The molecular weight excluding hydrogens is 508 g/mol. The topological polar surface area (TPSA) is 116 Å². The predicted octanol–water partition coefficient (Wildman–Crippen LogP) is 2.89. The van der Waals surface area contributed by atoms with Crippen LogP contribution in [-0.2, 0) is 20.7 Å². The third-order valence-electron chi connectivity index (χ3n) is 8.29. The van der Waals surface area contributed by atoms with E-state index in [1.54, 1.807) is 11.1 Å². The van der Waals surface area contributed by atoms with Gasteiger partial charge in [0.2, 0.25) is 18.3 Å². The molecule has 2 amide bonds. The number of pyridine rings is 1. The highest BCUT2D eigenvalue weighted by Gasteiger charge is 2.27. The van der Waals surface area contributed by atoms with Crippen LogP contribution in [0.3, 0.4) is 0 Å². The van der Waals surface area contributed by atoms with Crippen molar-refractivity contribution >= 4 is 35.6 Å². The summed E-state index contributed by atoms with van der Waals surface area (Å²) in [5.41, 5.74) is 2.02. The molecule has 0 aromatic carbocycles. The number of carbonyl (C=O) groups is 2. The van der Waals surface area contributed by atoms with Crippen molar-refractivity contribution < 1.29 is 14.3 Å². The fraction of sp³-hybridized carbons (Fsp3) is 0.621. The number of amides is 2. The summed E-state index contributed by atoms with van der Waals surface area (Å²) in [6, 6.07) is 4.85. The van der Waals surface area contributed by atoms with Gasteiger partial charge in [-0.1, -0.05) is 12.8 Å². The van der Waals surface area contributed by atoms with Gasteiger partial charge in [0.15, 0.2) is 0 Å². The summed E-state index contributed by atoms with van der Waals surface area (Å²) in [7, 11) is 0. The van der Waals surface area contributed by atoms with Gasteiger partial charge in [0.05, 0.1) is 25.1 Å². The van der Waals surface area contributed by atoms with Crippen LogP contribution < -0.4 is 20.4 Å². The normalized spacial score (nSPS) is 19.0. The summed E-state index contributed by atoms with van der Waals surface area (Å²) in [5, 5.41) is 6.06. The van der Waals surface area contributed by atoms with E-state index in [0.717, 1.165) is 102 Å². The minimum atomic E-state index is -0.0486. The van der Waals surface area contributed by atoms with Gasteiger partial charge in [0.1, 0.15) is 11.6 Å². The number of rotatable bonds is 11. The molecule has 3 aliphatic rings. The summed E-state index contributed by atoms with van der Waals surface area (Å²) >= 11 is 0. The van der Waals surface area contributed by atoms with Crippen LogP contribution >= 0.6 is 0 Å². The van der Waals surface area contributed by atoms with Gasteiger partial charge >= 0.3 is 0 Å². The Bertz CT molecular complexity index is 1110. The van der Waals surface area contributed by atoms with E-state index >= 15 is 0 Å². The number of ether oxygens (including phenoxy) is 1. The minimum absolute atomic E-state index is 0.0486. The molecule has 0 bridgehead atoms. The lowest BCUT2D eigenvalue weighted by atomic mass is 10.0. The Morgan fingerprint density at radius 3 is 2.52 bits per heavy atom. The Labute approximate surface area is 236 Å². The van der Waals surface area contributed by atoms with Crippen molar-refractivity contribution in [1.82, 2.24) is 25.2 Å². The molecule has 0 atom stereocenters. The first-order chi connectivity index (χ1) is 19.6. The SMILES string of the molecule is CC(=O)NCCCc1cnc(Nc2ccc(N3CCC(N4CCOCC4)CC3)cn2)nc1N(C=O)C1CCCC1. The number of hydrogen-bond acceptors (Lipinski definition) is 9. The predicted molar refractivity (Wildman–Crippen MR) is 155 cm³/mol. The van der Waals surface area contributed by atoms with Gasteiger partial charge in [-0.05, 0) is 50.7 Å². The van der Waals surface area contributed by atoms with Gasteiger partial charge in [0.25, 0.3) is 0 Å². The number of morpholine rings is 1. The average molecular weight is 551 g/mol. The third kappa shape index (κ3) is 7.25. The van der Waals surface area contributed by atoms with E-state index in [9.17, 15) is 9.59 Å². The Hall–Kier alpha value is -3.31. The number of aromatic nitrogens is 3. The number of nitrogens with zero attached hydrogens (tertiary/aromatic N) is 6. The largest absolute Gasteiger partial charge is 0.379 e. The molecule has 11 nitrogen and oxygen atoms in total. The van der Waals surface area contributed by atoms with Crippen LogP contribution in [0, 0.1) is 0 Å². The van der Waals surface area contributed by atoms with Crippen molar-refractivity contribution in [2.75, 3.05) is 61.1 Å². The summed E-state index contributed by atoms with van der Waals surface area (Å²) in [5.74, 6) is 1.67. The summed E-state index contributed by atoms with van der Waals surface area (Å²) in [4.78, 5) is 44.2. The molecule has 2 saturated heterocycles. The number of anilines is 4. The zero-order chi connectivity index (χ0) is 27.7. The fourth-order valence-corrected chi connectivity index (χ4v) is 6.09. The van der Waals surface area contributed by atoms with E-state index < -0.39 is 0 Å². The first kappa shape index (κ1) is 28.2. The summed E-state index contributed by atoms with van der Waals surface area (Å²) in [6.45, 7) is 7.90. The first-order valence-corrected chi connectivity index (χ1v) is 14.7. The van der Waals surface area contributed by atoms with Crippen molar-refractivity contribution in [2.24, 2.45) is 0 Å². The zero-order valence-corrected chi connectivity index (χ0v) is 23.6. The second kappa shape index (κ2) is 13.8. The van der Waals surface area contributed by atoms with E-state index in [-0.39, 0.29) is 11.9 Å². The van der Waals surface area contributed by atoms with Crippen LogP contribution in [-0.4, -0.2) is 90.2 Å². The maximum Gasteiger partial charge on any atom is 0.230 e. The van der Waals surface area contributed by atoms with E-state index in [1.165, 1.54) is 6.92 Å². The van der Waals surface area contributed by atoms with Crippen LogP contribution in [0.15, 0.2) is 24.5 Å². The van der Waals surface area contributed by atoms with Crippen LogP contribution in [0.4, 0.5) is 23.3 Å². The maximum absolute atomic E-state index is 12.2. The second-order valence-corrected chi connectivity index (χ2v) is 11.0. The molecule has 216 valence electrons. The van der Waals surface area contributed by atoms with Crippen molar-refractivity contribution in [3.8, 4) is 0 Å². The highest BCUT2D eigenvalue weighted by molar-refractivity contribution is 5.76. The molecule has 1 saturated carbocycles. The maximum atomic E-state index is 12.2. The van der Waals surface area contributed by atoms with E-state index in [1.807, 2.05) is 12.3 Å². The summed E-state index contributed by atoms with van der Waals surface area (Å²) in [6.07, 6.45) is 12.5. The number of piperidine rings is 1. The minimum Gasteiger partial charge on any atom is -0.379 e. The third-order valence-corrected chi connectivity index (χ3v) is 8.29. The highest BCUT2D eigenvalue weighted by atomic mass is 16.5. The molecule has 40 heavy (non-hydrogen) atoms. The van der Waals surface area contributed by atoms with Crippen molar-refractivity contribution in [3.63, 3.8) is 0 Å². The number of carbonyl (C=O) groups excluding carboxylic acids is 2. The molecule has 2 N–H and O–H groups in total. The quantitative estimate of drug-likeness (QED) is 0.322. The van der Waals surface area contributed by atoms with Crippen LogP contribution in [0.2, 0.25) is 0 Å². The van der Waals surface area contributed by atoms with Crippen molar-refractivity contribution in [1.29, 1.82) is 0 Å². The number of hydrogen-bond donors (Lipinski definition) is 2. The molecule has 2 aromatic rings. The molecule has 2 aromatic heterocycles. The highest BCUT2D eigenvalue weighted by Crippen LogP contribution is 2.30. The average Bonchev–Trinajstić information content (AvgIpc) is 3.52. The molecule has 1 aliphatic carbocycles. The lowest BCUT2D eigenvalue weighted by Crippen LogP contribution is -2.49. The van der Waals surface area contributed by atoms with Gasteiger partial charge in [-0.25, -0.2) is 9.97 Å². The van der Waals surface area contributed by atoms with Gasteiger partial charge < -0.3 is 20.3 Å². The Kier molecular flexibility index (Phi) is 9.77. The molecule has 11 heteroatoms. The molecule has 5 rings (SSSR count). The first-order valence-electron chi connectivity index (χ1n) is 14.7. The summed E-state index contributed by atoms with van der Waals surface area (Å²) < 4.78 is 5.51. The molecule has 4 heterocycles. The Morgan fingerprint density at radius 1 is 1.07 bits per heavy atom. The molecule has 3 fully saturated rings. The van der Waals surface area contributed by atoms with Crippen LogP contribution in [0.25, 0.3) is 0 Å². The smallest absolute Gasteiger partial charge is 0.230 e. The van der Waals surface area contributed by atoms with E-state index in [0.29, 0.717) is 36.6 Å². The zero-order valence-electron chi connectivity index (χ0n) is 23.6. The van der Waals surface area contributed by atoms with E-state index in [4.69, 9.17) is 9.72 Å². The van der Waals surface area contributed by atoms with Crippen LogP contribution in [0.5, 0.6) is 0 Å². The van der Waals surface area contributed by atoms with Crippen molar-refractivity contribution in [2.45, 2.75) is 70.4 Å². The fourth-order valence-electron chi connectivity index (χ4n) is 6.09. The second-order valence-electron chi connectivity index (χ2n) is 11.0. The molecule has 0 radical (unpaired) electrons. The van der Waals surface area contributed by atoms with Crippen molar-refractivity contribution in [3.05, 3.63) is 30.1 Å². The molecule has 0 spiro atoms. The molecule has 0 unspecified atom stereocenters. The number of aryl methyl sites for hydroxylation is 1. The van der Waals surface area contributed by atoms with Gasteiger partial charge in [0, 0.05) is 63.5 Å². The van der Waals surface area contributed by atoms with Gasteiger partial charge in [-0.15, -0.1) is 0 Å².